The first-order valence-electron chi connectivity index (χ1n) is 8.58. The van der Waals surface area contributed by atoms with Crippen LogP contribution in [0.5, 0.6) is 0 Å². The summed E-state index contributed by atoms with van der Waals surface area (Å²) in [4.78, 5) is 38.6. The van der Waals surface area contributed by atoms with Crippen LogP contribution in [0.3, 0.4) is 0 Å². The molecule has 0 saturated carbocycles. The second kappa shape index (κ2) is 7.91. The van der Waals surface area contributed by atoms with Crippen LogP contribution in [0.25, 0.3) is 6.08 Å². The van der Waals surface area contributed by atoms with Gasteiger partial charge in [-0.15, -0.1) is 0 Å². The molecule has 1 aromatic rings. The number of fused-ring (bicyclic) bond motifs is 1. The fraction of sp³-hybridized carbons (Fsp3) is 0.389. The lowest BCUT2D eigenvalue weighted by Crippen LogP contribution is -2.55. The highest BCUT2D eigenvalue weighted by Crippen LogP contribution is 2.29. The maximum absolute atomic E-state index is 12.5. The summed E-state index contributed by atoms with van der Waals surface area (Å²) in [5, 5.41) is 2.45. The van der Waals surface area contributed by atoms with Crippen molar-refractivity contribution < 1.29 is 32.3 Å². The Balaban J connectivity index is 1.45. The quantitative estimate of drug-likeness (QED) is 0.781. The number of cyclic esters (lactones) is 1. The summed E-state index contributed by atoms with van der Waals surface area (Å²) in [7, 11) is 0. The molecule has 3 rings (SSSR count). The number of nitrogens with zero attached hydrogens (tertiary/aromatic N) is 2. The third-order valence-corrected chi connectivity index (χ3v) is 4.55. The van der Waals surface area contributed by atoms with Crippen LogP contribution in [0.1, 0.15) is 11.1 Å². The number of piperazine rings is 1. The summed E-state index contributed by atoms with van der Waals surface area (Å²) in [6, 6.07) is 4.20. The van der Waals surface area contributed by atoms with Crippen LogP contribution < -0.4 is 5.32 Å². The van der Waals surface area contributed by atoms with Gasteiger partial charge in [0.2, 0.25) is 11.8 Å². The average molecular weight is 397 g/mol. The van der Waals surface area contributed by atoms with Gasteiger partial charge < -0.3 is 15.0 Å². The number of benzene rings is 1. The second-order valence-corrected chi connectivity index (χ2v) is 6.43. The van der Waals surface area contributed by atoms with E-state index in [0.29, 0.717) is 25.2 Å². The Kier molecular flexibility index (Phi) is 5.57. The van der Waals surface area contributed by atoms with E-state index in [1.54, 1.807) is 9.80 Å². The van der Waals surface area contributed by atoms with Gasteiger partial charge in [0.1, 0.15) is 6.61 Å². The number of hydrogen-bond acceptors (Lipinski definition) is 4. The largest absolute Gasteiger partial charge is 0.447 e. The lowest BCUT2D eigenvalue weighted by atomic mass is 10.1. The maximum Gasteiger partial charge on any atom is 0.416 e. The Labute approximate surface area is 158 Å². The molecule has 0 aromatic heterocycles. The Hall–Kier alpha value is -3.04. The van der Waals surface area contributed by atoms with E-state index in [1.807, 2.05) is 0 Å². The van der Waals surface area contributed by atoms with Crippen molar-refractivity contribution in [2.75, 3.05) is 32.8 Å². The number of rotatable bonds is 4. The standard InChI is InChI=1S/C18H18F3N3O4/c19-18(20,21)13-4-1-12(2-5-13)3-6-15(25)22-9-16(26)23-7-8-24-14(10-23)11-28-17(24)27/h1-6,14H,7-11H2,(H,22,25)/b6-3+/t14-/m0/s1. The molecule has 2 fully saturated rings. The smallest absolute Gasteiger partial charge is 0.416 e. The van der Waals surface area contributed by atoms with Gasteiger partial charge in [-0.2, -0.15) is 13.2 Å². The molecule has 2 aliphatic heterocycles. The molecule has 0 aliphatic carbocycles. The highest BCUT2D eigenvalue weighted by molar-refractivity contribution is 5.94. The van der Waals surface area contributed by atoms with E-state index < -0.39 is 17.6 Å². The van der Waals surface area contributed by atoms with Gasteiger partial charge in [-0.1, -0.05) is 12.1 Å². The fourth-order valence-electron chi connectivity index (χ4n) is 3.00. The molecule has 0 spiro atoms. The lowest BCUT2D eigenvalue weighted by Gasteiger charge is -2.35. The van der Waals surface area contributed by atoms with Gasteiger partial charge in [-0.3, -0.25) is 14.5 Å². The van der Waals surface area contributed by atoms with E-state index in [1.165, 1.54) is 18.2 Å². The molecule has 28 heavy (non-hydrogen) atoms. The molecule has 2 heterocycles. The molecule has 3 amide bonds. The van der Waals surface area contributed by atoms with Crippen LogP contribution in [0.15, 0.2) is 30.3 Å². The molecule has 7 nitrogen and oxygen atoms in total. The van der Waals surface area contributed by atoms with Crippen molar-refractivity contribution >= 4 is 24.0 Å². The lowest BCUT2D eigenvalue weighted by molar-refractivity contribution is -0.137. The maximum atomic E-state index is 12.5. The third-order valence-electron chi connectivity index (χ3n) is 4.55. The van der Waals surface area contributed by atoms with Gasteiger partial charge in [0.05, 0.1) is 18.2 Å². The van der Waals surface area contributed by atoms with Gasteiger partial charge in [0.15, 0.2) is 0 Å². The number of halogens is 3. The molecular weight excluding hydrogens is 379 g/mol. The van der Waals surface area contributed by atoms with E-state index in [2.05, 4.69) is 5.32 Å². The van der Waals surface area contributed by atoms with Gasteiger partial charge in [-0.25, -0.2) is 4.79 Å². The minimum Gasteiger partial charge on any atom is -0.447 e. The number of ether oxygens (including phenoxy) is 1. The van der Waals surface area contributed by atoms with Crippen molar-refractivity contribution in [2.45, 2.75) is 12.2 Å². The van der Waals surface area contributed by atoms with Crippen molar-refractivity contribution in [3.63, 3.8) is 0 Å². The molecule has 0 radical (unpaired) electrons. The zero-order valence-corrected chi connectivity index (χ0v) is 14.7. The van der Waals surface area contributed by atoms with Crippen LogP contribution in [0, 0.1) is 0 Å². The second-order valence-electron chi connectivity index (χ2n) is 6.43. The Morgan fingerprint density at radius 2 is 1.93 bits per heavy atom. The summed E-state index contributed by atoms with van der Waals surface area (Å²) in [5.41, 5.74) is -0.342. The SMILES string of the molecule is O=C(/C=C/c1ccc(C(F)(F)F)cc1)NCC(=O)N1CCN2C(=O)OC[C@@H]2C1. The summed E-state index contributed by atoms with van der Waals surface area (Å²) >= 11 is 0. The molecule has 1 atom stereocenters. The highest BCUT2D eigenvalue weighted by atomic mass is 19.4. The van der Waals surface area contributed by atoms with Crippen molar-refractivity contribution in [2.24, 2.45) is 0 Å². The van der Waals surface area contributed by atoms with Gasteiger partial charge in [-0.05, 0) is 23.8 Å². The third kappa shape index (κ3) is 4.62. The number of alkyl halides is 3. The molecule has 1 aromatic carbocycles. The van der Waals surface area contributed by atoms with Crippen molar-refractivity contribution in [1.29, 1.82) is 0 Å². The Bertz CT molecular complexity index is 792. The summed E-state index contributed by atoms with van der Waals surface area (Å²) in [6.07, 6.45) is -2.28. The number of amides is 3. The number of carbonyl (C=O) groups excluding carboxylic acids is 3. The monoisotopic (exact) mass is 397 g/mol. The molecule has 10 heteroatoms. The Morgan fingerprint density at radius 3 is 2.61 bits per heavy atom. The molecular formula is C18H18F3N3O4. The molecule has 1 N–H and O–H groups in total. The summed E-state index contributed by atoms with van der Waals surface area (Å²) in [6.45, 7) is 1.13. The zero-order chi connectivity index (χ0) is 20.3. The first kappa shape index (κ1) is 19.7. The fourth-order valence-corrected chi connectivity index (χ4v) is 3.00. The predicted molar refractivity (Wildman–Crippen MR) is 91.9 cm³/mol. The first-order valence-corrected chi connectivity index (χ1v) is 8.58. The summed E-state index contributed by atoms with van der Waals surface area (Å²) < 4.78 is 42.5. The predicted octanol–water partition coefficient (Wildman–Crippen LogP) is 1.50. The first-order chi connectivity index (χ1) is 13.2. The number of nitrogens with one attached hydrogen (secondary N) is 1. The molecule has 150 valence electrons. The molecule has 0 bridgehead atoms. The average Bonchev–Trinajstić information content (AvgIpc) is 3.04. The van der Waals surface area contributed by atoms with E-state index in [9.17, 15) is 27.6 Å². The van der Waals surface area contributed by atoms with Crippen LogP contribution in [-0.2, 0) is 20.5 Å². The van der Waals surface area contributed by atoms with E-state index in [-0.39, 0.29) is 31.2 Å². The molecule has 2 saturated heterocycles. The Morgan fingerprint density at radius 1 is 1.21 bits per heavy atom. The van der Waals surface area contributed by atoms with Crippen LogP contribution in [0.4, 0.5) is 18.0 Å². The number of hydrogen-bond donors (Lipinski definition) is 1. The van der Waals surface area contributed by atoms with Gasteiger partial charge >= 0.3 is 12.3 Å². The number of carbonyl (C=O) groups is 3. The van der Waals surface area contributed by atoms with Crippen LogP contribution >= 0.6 is 0 Å². The summed E-state index contributed by atoms with van der Waals surface area (Å²) in [5.74, 6) is -0.818. The van der Waals surface area contributed by atoms with E-state index in [4.69, 9.17) is 4.74 Å². The molecule has 0 unspecified atom stereocenters. The highest BCUT2D eigenvalue weighted by Gasteiger charge is 2.38. The van der Waals surface area contributed by atoms with Crippen LogP contribution in [-0.4, -0.2) is 66.5 Å². The van der Waals surface area contributed by atoms with Crippen LogP contribution in [0.2, 0.25) is 0 Å². The van der Waals surface area contributed by atoms with Crippen molar-refractivity contribution in [1.82, 2.24) is 15.1 Å². The van der Waals surface area contributed by atoms with Gasteiger partial charge in [0, 0.05) is 25.7 Å². The minimum atomic E-state index is -4.41. The van der Waals surface area contributed by atoms with Crippen molar-refractivity contribution in [3.05, 3.63) is 41.5 Å². The van der Waals surface area contributed by atoms with E-state index in [0.717, 1.165) is 18.2 Å². The zero-order valence-electron chi connectivity index (χ0n) is 14.7. The minimum absolute atomic E-state index is 0.166. The molecule has 2 aliphatic rings. The van der Waals surface area contributed by atoms with Gasteiger partial charge in [0.25, 0.3) is 0 Å². The van der Waals surface area contributed by atoms with E-state index >= 15 is 0 Å². The normalized spacial score (nSPS) is 19.5. The topological polar surface area (TPSA) is 79.0 Å². The van der Waals surface area contributed by atoms with Crippen molar-refractivity contribution in [3.8, 4) is 0 Å².